The summed E-state index contributed by atoms with van der Waals surface area (Å²) in [5.41, 5.74) is 3.26. The molecule has 2 aromatic rings. The van der Waals surface area contributed by atoms with Gasteiger partial charge in [-0.25, -0.2) is 0 Å². The van der Waals surface area contributed by atoms with Gasteiger partial charge >= 0.3 is 0 Å². The van der Waals surface area contributed by atoms with Crippen LogP contribution in [0.2, 0.25) is 0 Å². The number of aryl methyl sites for hydroxylation is 2. The third kappa shape index (κ3) is 7.21. The first-order chi connectivity index (χ1) is 14.3. The summed E-state index contributed by atoms with van der Waals surface area (Å²) < 4.78 is 5.79. The van der Waals surface area contributed by atoms with E-state index in [1.807, 2.05) is 76.2 Å². The van der Waals surface area contributed by atoms with Gasteiger partial charge in [-0.1, -0.05) is 61.9 Å². The summed E-state index contributed by atoms with van der Waals surface area (Å²) in [7, 11) is 0. The van der Waals surface area contributed by atoms with Crippen molar-refractivity contribution in [3.63, 3.8) is 0 Å². The van der Waals surface area contributed by atoms with E-state index in [1.54, 1.807) is 11.8 Å². The number of rotatable bonds is 10. The summed E-state index contributed by atoms with van der Waals surface area (Å²) in [5.74, 6) is 0.700. The van der Waals surface area contributed by atoms with Gasteiger partial charge in [0.15, 0.2) is 6.61 Å². The highest BCUT2D eigenvalue weighted by atomic mass is 16.5. The van der Waals surface area contributed by atoms with E-state index in [9.17, 15) is 9.59 Å². The SMILES string of the molecule is Cc1ccc(OCC(=O)N(CCc2ccccc2)[C@@H](C)C(=O)NCC(C)C)c(C)c1. The van der Waals surface area contributed by atoms with E-state index < -0.39 is 6.04 Å². The molecule has 1 atom stereocenters. The van der Waals surface area contributed by atoms with Gasteiger partial charge < -0.3 is 15.0 Å². The van der Waals surface area contributed by atoms with Crippen LogP contribution in [0.4, 0.5) is 0 Å². The fourth-order valence-corrected chi connectivity index (χ4v) is 3.21. The number of carbonyl (C=O) groups excluding carboxylic acids is 2. The minimum Gasteiger partial charge on any atom is -0.483 e. The fourth-order valence-electron chi connectivity index (χ4n) is 3.21. The van der Waals surface area contributed by atoms with Crippen molar-refractivity contribution in [2.75, 3.05) is 19.7 Å². The van der Waals surface area contributed by atoms with Crippen LogP contribution < -0.4 is 10.1 Å². The first-order valence-corrected chi connectivity index (χ1v) is 10.6. The van der Waals surface area contributed by atoms with Crippen molar-refractivity contribution < 1.29 is 14.3 Å². The van der Waals surface area contributed by atoms with Gasteiger partial charge in [-0.2, -0.15) is 0 Å². The standard InChI is InChI=1S/C25H34N2O3/c1-18(2)16-26-25(29)21(5)27(14-13-22-9-7-6-8-10-22)24(28)17-30-23-12-11-19(3)15-20(23)4/h6-12,15,18,21H,13-14,16-17H2,1-5H3,(H,26,29)/t21-/m0/s1. The highest BCUT2D eigenvalue weighted by Crippen LogP contribution is 2.19. The second kappa shape index (κ2) is 11.4. The van der Waals surface area contributed by atoms with Crippen LogP contribution in [0.15, 0.2) is 48.5 Å². The lowest BCUT2D eigenvalue weighted by Gasteiger charge is -2.29. The van der Waals surface area contributed by atoms with Crippen LogP contribution in [0.25, 0.3) is 0 Å². The number of hydrogen-bond donors (Lipinski definition) is 1. The maximum Gasteiger partial charge on any atom is 0.261 e. The molecule has 30 heavy (non-hydrogen) atoms. The zero-order valence-corrected chi connectivity index (χ0v) is 18.8. The topological polar surface area (TPSA) is 58.6 Å². The third-order valence-corrected chi connectivity index (χ3v) is 5.02. The van der Waals surface area contributed by atoms with Gasteiger partial charge in [0, 0.05) is 13.1 Å². The smallest absolute Gasteiger partial charge is 0.261 e. The number of benzene rings is 2. The molecule has 0 saturated heterocycles. The minimum atomic E-state index is -0.567. The van der Waals surface area contributed by atoms with E-state index in [4.69, 9.17) is 4.74 Å². The first-order valence-electron chi connectivity index (χ1n) is 10.6. The van der Waals surface area contributed by atoms with Crippen LogP contribution in [-0.4, -0.2) is 42.5 Å². The predicted molar refractivity (Wildman–Crippen MR) is 121 cm³/mol. The first kappa shape index (κ1) is 23.5. The molecule has 162 valence electrons. The lowest BCUT2D eigenvalue weighted by atomic mass is 10.1. The molecule has 0 bridgehead atoms. The maximum atomic E-state index is 13.0. The summed E-state index contributed by atoms with van der Waals surface area (Å²) >= 11 is 0. The molecular formula is C25H34N2O3. The minimum absolute atomic E-state index is 0.0967. The number of nitrogens with one attached hydrogen (secondary N) is 1. The Hall–Kier alpha value is -2.82. The highest BCUT2D eigenvalue weighted by molar-refractivity contribution is 5.88. The van der Waals surface area contributed by atoms with E-state index in [0.29, 0.717) is 31.2 Å². The number of nitrogens with zero attached hydrogens (tertiary/aromatic N) is 1. The Morgan fingerprint density at radius 3 is 2.37 bits per heavy atom. The molecule has 5 nitrogen and oxygen atoms in total. The Morgan fingerprint density at radius 2 is 1.73 bits per heavy atom. The number of carbonyl (C=O) groups is 2. The molecule has 2 rings (SSSR count). The molecule has 2 aromatic carbocycles. The van der Waals surface area contributed by atoms with Crippen molar-refractivity contribution in [2.45, 2.75) is 47.1 Å². The van der Waals surface area contributed by atoms with Gasteiger partial charge in [0.2, 0.25) is 5.91 Å². The average molecular weight is 411 g/mol. The van der Waals surface area contributed by atoms with Crippen molar-refractivity contribution in [1.82, 2.24) is 10.2 Å². The molecule has 0 aliphatic heterocycles. The summed E-state index contributed by atoms with van der Waals surface area (Å²) in [6.45, 7) is 10.8. The second-order valence-electron chi connectivity index (χ2n) is 8.20. The molecular weight excluding hydrogens is 376 g/mol. The number of amides is 2. The highest BCUT2D eigenvalue weighted by Gasteiger charge is 2.26. The molecule has 0 fully saturated rings. The van der Waals surface area contributed by atoms with Crippen LogP contribution in [0, 0.1) is 19.8 Å². The Balaban J connectivity index is 2.07. The summed E-state index contributed by atoms with van der Waals surface area (Å²) in [6.07, 6.45) is 0.679. The lowest BCUT2D eigenvalue weighted by molar-refractivity contribution is -0.141. The predicted octanol–water partition coefficient (Wildman–Crippen LogP) is 3.91. The van der Waals surface area contributed by atoms with Crippen LogP contribution in [0.3, 0.4) is 0 Å². The van der Waals surface area contributed by atoms with Crippen LogP contribution in [-0.2, 0) is 16.0 Å². The van der Waals surface area contributed by atoms with Crippen molar-refractivity contribution in [1.29, 1.82) is 0 Å². The van der Waals surface area contributed by atoms with Crippen molar-refractivity contribution in [3.05, 3.63) is 65.2 Å². The second-order valence-corrected chi connectivity index (χ2v) is 8.20. The van der Waals surface area contributed by atoms with Crippen LogP contribution in [0.1, 0.15) is 37.5 Å². The van der Waals surface area contributed by atoms with Crippen molar-refractivity contribution in [3.8, 4) is 5.75 Å². The zero-order chi connectivity index (χ0) is 22.1. The normalized spacial score (nSPS) is 11.8. The van der Waals surface area contributed by atoms with E-state index in [2.05, 4.69) is 5.32 Å². The van der Waals surface area contributed by atoms with Gasteiger partial charge in [0.05, 0.1) is 0 Å². The fraction of sp³-hybridized carbons (Fsp3) is 0.440. The Bertz CT molecular complexity index is 834. The Kier molecular flexibility index (Phi) is 8.90. The lowest BCUT2D eigenvalue weighted by Crippen LogP contribution is -2.50. The van der Waals surface area contributed by atoms with E-state index >= 15 is 0 Å². The molecule has 1 N–H and O–H groups in total. The summed E-state index contributed by atoms with van der Waals surface area (Å²) in [4.78, 5) is 27.3. The van der Waals surface area contributed by atoms with Gasteiger partial charge in [0.25, 0.3) is 5.91 Å². The molecule has 0 heterocycles. The van der Waals surface area contributed by atoms with Crippen molar-refractivity contribution in [2.24, 2.45) is 5.92 Å². The summed E-state index contributed by atoms with van der Waals surface area (Å²) in [5, 5.41) is 2.93. The molecule has 0 saturated carbocycles. The molecule has 2 amide bonds. The largest absolute Gasteiger partial charge is 0.483 e. The Morgan fingerprint density at radius 1 is 1.03 bits per heavy atom. The van der Waals surface area contributed by atoms with E-state index in [1.165, 1.54) is 0 Å². The van der Waals surface area contributed by atoms with Crippen LogP contribution >= 0.6 is 0 Å². The third-order valence-electron chi connectivity index (χ3n) is 5.02. The van der Waals surface area contributed by atoms with Crippen molar-refractivity contribution >= 4 is 11.8 Å². The maximum absolute atomic E-state index is 13.0. The van der Waals surface area contributed by atoms with E-state index in [0.717, 1.165) is 16.7 Å². The van der Waals surface area contributed by atoms with Gasteiger partial charge in [0.1, 0.15) is 11.8 Å². The molecule has 0 aromatic heterocycles. The molecule has 0 aliphatic carbocycles. The van der Waals surface area contributed by atoms with E-state index in [-0.39, 0.29) is 18.4 Å². The number of hydrogen-bond acceptors (Lipinski definition) is 3. The molecule has 5 heteroatoms. The quantitative estimate of drug-likeness (QED) is 0.646. The monoisotopic (exact) mass is 410 g/mol. The molecule has 0 radical (unpaired) electrons. The van der Waals surface area contributed by atoms with Gasteiger partial charge in [-0.15, -0.1) is 0 Å². The van der Waals surface area contributed by atoms with Crippen LogP contribution in [0.5, 0.6) is 5.75 Å². The van der Waals surface area contributed by atoms with Gasteiger partial charge in [-0.05, 0) is 50.3 Å². The average Bonchev–Trinajstić information content (AvgIpc) is 2.72. The van der Waals surface area contributed by atoms with Gasteiger partial charge in [-0.3, -0.25) is 9.59 Å². The number of ether oxygens (including phenoxy) is 1. The molecule has 0 unspecified atom stereocenters. The molecule has 0 spiro atoms. The summed E-state index contributed by atoms with van der Waals surface area (Å²) in [6, 6.07) is 15.3. The molecule has 0 aliphatic rings. The Labute approximate surface area is 180 Å². The zero-order valence-electron chi connectivity index (χ0n) is 18.8.